The number of ketones is 1. The summed E-state index contributed by atoms with van der Waals surface area (Å²) in [6.07, 6.45) is 0. The Bertz CT molecular complexity index is 156. The minimum Gasteiger partial charge on any atom is -0.469 e. The van der Waals surface area contributed by atoms with Gasteiger partial charge in [-0.3, -0.25) is 9.59 Å². The molecule has 4 heteroatoms. The van der Waals surface area contributed by atoms with Crippen molar-refractivity contribution in [2.45, 2.75) is 13.8 Å². The number of Topliss-reactive ketones (excluding diaryl/α,β-unsaturated/α-hetero) is 1. The van der Waals surface area contributed by atoms with Crippen molar-refractivity contribution in [3.05, 3.63) is 0 Å². The van der Waals surface area contributed by atoms with Crippen LogP contribution in [-0.4, -0.2) is 30.6 Å². The van der Waals surface area contributed by atoms with Gasteiger partial charge in [-0.1, -0.05) is 13.8 Å². The predicted octanol–water partition coefficient (Wildman–Crippen LogP) is -0.00700. The third-order valence-electron chi connectivity index (χ3n) is 1.99. The number of carbonyl (C=O) groups excluding carboxylic acids is 2. The van der Waals surface area contributed by atoms with Crippen molar-refractivity contribution in [1.29, 1.82) is 0 Å². The van der Waals surface area contributed by atoms with Crippen LogP contribution in [0, 0.1) is 11.8 Å². The summed E-state index contributed by atoms with van der Waals surface area (Å²) >= 11 is 0. The number of aliphatic hydroxyl groups excluding tert-OH is 1. The molecule has 0 aliphatic carbocycles. The molecule has 0 aromatic rings. The number of aliphatic hydroxyl groups is 1. The zero-order valence-electron chi connectivity index (χ0n) is 7.53. The average Bonchev–Trinajstić information content (AvgIpc) is 2.12. The largest absolute Gasteiger partial charge is 0.469 e. The number of hydrogen-bond acceptors (Lipinski definition) is 4. The van der Waals surface area contributed by atoms with E-state index in [1.807, 2.05) is 0 Å². The Morgan fingerprint density at radius 2 is 1.83 bits per heavy atom. The molecule has 0 aliphatic rings. The maximum Gasteiger partial charge on any atom is 0.309 e. The molecule has 4 nitrogen and oxygen atoms in total. The van der Waals surface area contributed by atoms with Crippen molar-refractivity contribution in [2.75, 3.05) is 13.7 Å². The molecule has 0 radical (unpaired) electrons. The first-order valence-corrected chi connectivity index (χ1v) is 3.76. The lowest BCUT2D eigenvalue weighted by molar-refractivity contribution is -0.149. The van der Waals surface area contributed by atoms with E-state index in [1.54, 1.807) is 13.8 Å². The van der Waals surface area contributed by atoms with Gasteiger partial charge >= 0.3 is 5.97 Å². The number of carbonyl (C=O) groups is 2. The lowest BCUT2D eigenvalue weighted by Gasteiger charge is -2.14. The fourth-order valence-electron chi connectivity index (χ4n) is 0.813. The third kappa shape index (κ3) is 2.62. The zero-order chi connectivity index (χ0) is 9.72. The molecule has 1 N–H and O–H groups in total. The van der Waals surface area contributed by atoms with Gasteiger partial charge < -0.3 is 9.84 Å². The summed E-state index contributed by atoms with van der Waals surface area (Å²) in [5.41, 5.74) is 0. The van der Waals surface area contributed by atoms with E-state index >= 15 is 0 Å². The lowest BCUT2D eigenvalue weighted by Crippen LogP contribution is -2.28. The summed E-state index contributed by atoms with van der Waals surface area (Å²) in [5.74, 6) is -1.74. The minimum absolute atomic E-state index is 0.340. The topological polar surface area (TPSA) is 63.6 Å². The molecule has 0 saturated carbocycles. The number of ether oxygens (including phenoxy) is 1. The smallest absolute Gasteiger partial charge is 0.309 e. The molecule has 70 valence electrons. The molecule has 12 heavy (non-hydrogen) atoms. The molecule has 0 saturated heterocycles. The van der Waals surface area contributed by atoms with Crippen LogP contribution < -0.4 is 0 Å². The molecule has 0 heterocycles. The van der Waals surface area contributed by atoms with Crippen LogP contribution in [0.5, 0.6) is 0 Å². The van der Waals surface area contributed by atoms with Crippen molar-refractivity contribution in [3.8, 4) is 0 Å². The Morgan fingerprint density at radius 3 is 2.17 bits per heavy atom. The summed E-state index contributed by atoms with van der Waals surface area (Å²) in [7, 11) is 1.27. The molecule has 0 spiro atoms. The molecule has 0 fully saturated rings. The van der Waals surface area contributed by atoms with E-state index in [9.17, 15) is 9.59 Å². The number of rotatable bonds is 4. The highest BCUT2D eigenvalue weighted by Crippen LogP contribution is 2.12. The van der Waals surface area contributed by atoms with Crippen molar-refractivity contribution in [2.24, 2.45) is 11.8 Å². The second kappa shape index (κ2) is 4.87. The van der Waals surface area contributed by atoms with E-state index in [2.05, 4.69) is 4.74 Å². The minimum atomic E-state index is -0.525. The summed E-state index contributed by atoms with van der Waals surface area (Å²) in [6, 6.07) is 0. The van der Waals surface area contributed by atoms with Gasteiger partial charge in [-0.25, -0.2) is 0 Å². The van der Waals surface area contributed by atoms with Crippen LogP contribution in [0.3, 0.4) is 0 Å². The molecular formula is C8H14O4. The van der Waals surface area contributed by atoms with Crippen LogP contribution in [0.1, 0.15) is 13.8 Å². The van der Waals surface area contributed by atoms with E-state index in [0.29, 0.717) is 0 Å². The van der Waals surface area contributed by atoms with Crippen molar-refractivity contribution in [3.63, 3.8) is 0 Å². The Kier molecular flexibility index (Phi) is 4.51. The van der Waals surface area contributed by atoms with E-state index < -0.39 is 24.4 Å². The van der Waals surface area contributed by atoms with Crippen molar-refractivity contribution in [1.82, 2.24) is 0 Å². The Hall–Kier alpha value is -0.900. The third-order valence-corrected chi connectivity index (χ3v) is 1.99. The van der Waals surface area contributed by atoms with Gasteiger partial charge in [0.1, 0.15) is 6.61 Å². The van der Waals surface area contributed by atoms with E-state index in [1.165, 1.54) is 7.11 Å². The highest BCUT2D eigenvalue weighted by atomic mass is 16.5. The highest BCUT2D eigenvalue weighted by Gasteiger charge is 2.25. The molecule has 0 rings (SSSR count). The van der Waals surface area contributed by atoms with Gasteiger partial charge in [0.15, 0.2) is 5.78 Å². The Morgan fingerprint density at radius 1 is 1.33 bits per heavy atom. The first-order chi connectivity index (χ1) is 5.54. The standard InChI is InChI=1S/C8H14O4/c1-5(7(10)4-9)6(2)8(11)12-3/h5-6,9H,4H2,1-3H3. The zero-order valence-corrected chi connectivity index (χ0v) is 7.53. The van der Waals surface area contributed by atoms with Gasteiger partial charge in [0.05, 0.1) is 13.0 Å². The van der Waals surface area contributed by atoms with Gasteiger partial charge in [-0.15, -0.1) is 0 Å². The first kappa shape index (κ1) is 11.1. The number of hydrogen-bond donors (Lipinski definition) is 1. The van der Waals surface area contributed by atoms with Crippen LogP contribution in [-0.2, 0) is 14.3 Å². The monoisotopic (exact) mass is 174 g/mol. The molecule has 0 aromatic carbocycles. The quantitative estimate of drug-likeness (QED) is 0.609. The Labute approximate surface area is 71.5 Å². The maximum atomic E-state index is 10.9. The van der Waals surface area contributed by atoms with Crippen LogP contribution in [0.2, 0.25) is 0 Å². The molecule has 0 aliphatic heterocycles. The maximum absolute atomic E-state index is 10.9. The second-order valence-corrected chi connectivity index (χ2v) is 2.72. The summed E-state index contributed by atoms with van der Waals surface area (Å²) in [6.45, 7) is 2.67. The van der Waals surface area contributed by atoms with Crippen LogP contribution in [0.15, 0.2) is 0 Å². The highest BCUT2D eigenvalue weighted by molar-refractivity contribution is 5.86. The lowest BCUT2D eigenvalue weighted by atomic mass is 9.92. The molecule has 2 unspecified atom stereocenters. The molecule has 0 bridgehead atoms. The Balaban J connectivity index is 4.18. The molecular weight excluding hydrogens is 160 g/mol. The fraction of sp³-hybridized carbons (Fsp3) is 0.750. The number of methoxy groups -OCH3 is 1. The van der Waals surface area contributed by atoms with Gasteiger partial charge in [-0.2, -0.15) is 0 Å². The van der Waals surface area contributed by atoms with Crippen LogP contribution >= 0.6 is 0 Å². The van der Waals surface area contributed by atoms with E-state index in [-0.39, 0.29) is 5.78 Å². The van der Waals surface area contributed by atoms with Gasteiger partial charge in [-0.05, 0) is 0 Å². The number of esters is 1. The first-order valence-electron chi connectivity index (χ1n) is 3.76. The average molecular weight is 174 g/mol. The second-order valence-electron chi connectivity index (χ2n) is 2.72. The van der Waals surface area contributed by atoms with Crippen LogP contribution in [0.4, 0.5) is 0 Å². The van der Waals surface area contributed by atoms with Gasteiger partial charge in [0.2, 0.25) is 0 Å². The normalized spacial score (nSPS) is 15.0. The SMILES string of the molecule is COC(=O)C(C)C(C)C(=O)CO. The van der Waals surface area contributed by atoms with Gasteiger partial charge in [0, 0.05) is 5.92 Å². The van der Waals surface area contributed by atoms with Crippen LogP contribution in [0.25, 0.3) is 0 Å². The van der Waals surface area contributed by atoms with Gasteiger partial charge in [0.25, 0.3) is 0 Å². The fourth-order valence-corrected chi connectivity index (χ4v) is 0.813. The van der Waals surface area contributed by atoms with Crippen molar-refractivity contribution < 1.29 is 19.4 Å². The molecule has 0 amide bonds. The summed E-state index contributed by atoms with van der Waals surface area (Å²) in [4.78, 5) is 21.8. The van der Waals surface area contributed by atoms with E-state index in [4.69, 9.17) is 5.11 Å². The van der Waals surface area contributed by atoms with E-state index in [0.717, 1.165) is 0 Å². The predicted molar refractivity (Wildman–Crippen MR) is 42.4 cm³/mol. The molecule has 0 aromatic heterocycles. The summed E-state index contributed by atoms with van der Waals surface area (Å²) in [5, 5.41) is 8.51. The molecule has 2 atom stereocenters. The van der Waals surface area contributed by atoms with Crippen molar-refractivity contribution >= 4 is 11.8 Å². The summed E-state index contributed by atoms with van der Waals surface area (Å²) < 4.78 is 4.45.